The molecule has 38 heavy (non-hydrogen) atoms. The van der Waals surface area contributed by atoms with Gasteiger partial charge < -0.3 is 33.9 Å². The Morgan fingerprint density at radius 3 is 2.32 bits per heavy atom. The van der Waals surface area contributed by atoms with Crippen molar-refractivity contribution >= 4 is 40.2 Å². The number of rotatable bonds is 10. The molecule has 0 saturated carbocycles. The molecule has 1 N–H and O–H groups in total. The minimum absolute atomic E-state index is 0.122. The van der Waals surface area contributed by atoms with Crippen LogP contribution in [-0.4, -0.2) is 64.1 Å². The maximum atomic E-state index is 12.2. The van der Waals surface area contributed by atoms with Gasteiger partial charge in [0.1, 0.15) is 17.1 Å². The van der Waals surface area contributed by atoms with Crippen molar-refractivity contribution in [1.29, 1.82) is 0 Å². The molecule has 0 aliphatic carbocycles. The number of methoxy groups -OCH3 is 4. The highest BCUT2D eigenvalue weighted by Crippen LogP contribution is 2.45. The van der Waals surface area contributed by atoms with E-state index in [0.29, 0.717) is 89.8 Å². The number of carbonyl (C=O) groups is 1. The number of aromatic nitrogens is 2. The molecule has 4 rings (SSSR count). The van der Waals surface area contributed by atoms with Crippen LogP contribution in [0.1, 0.15) is 25.3 Å². The molecular weight excluding hydrogens is 512 g/mol. The second-order valence-corrected chi connectivity index (χ2v) is 9.16. The van der Waals surface area contributed by atoms with Gasteiger partial charge in [0.15, 0.2) is 11.5 Å². The van der Waals surface area contributed by atoms with Crippen LogP contribution in [0.25, 0.3) is 10.9 Å². The number of esters is 1. The molecule has 2 aromatic carbocycles. The van der Waals surface area contributed by atoms with E-state index >= 15 is 0 Å². The molecule has 0 amide bonds. The van der Waals surface area contributed by atoms with Crippen LogP contribution in [-0.2, 0) is 16.1 Å². The molecule has 0 bridgehead atoms. The van der Waals surface area contributed by atoms with Crippen molar-refractivity contribution in [3.05, 3.63) is 34.9 Å². The molecule has 204 valence electrons. The number of hydrogen-bond donors (Lipinski definition) is 1. The van der Waals surface area contributed by atoms with Crippen molar-refractivity contribution < 1.29 is 28.5 Å². The Balaban J connectivity index is 1.72. The monoisotopic (exact) mass is 544 g/mol. The zero-order chi connectivity index (χ0) is 27.2. The molecule has 1 saturated heterocycles. The van der Waals surface area contributed by atoms with Crippen molar-refractivity contribution in [1.82, 2.24) is 9.97 Å². The van der Waals surface area contributed by atoms with Crippen LogP contribution >= 0.6 is 11.6 Å². The van der Waals surface area contributed by atoms with Crippen LogP contribution in [0, 0.1) is 5.92 Å². The van der Waals surface area contributed by atoms with Crippen LogP contribution in [0.3, 0.4) is 0 Å². The van der Waals surface area contributed by atoms with Crippen molar-refractivity contribution in [2.24, 2.45) is 5.92 Å². The zero-order valence-corrected chi connectivity index (χ0v) is 23.1. The Labute approximate surface area is 227 Å². The summed E-state index contributed by atoms with van der Waals surface area (Å²) in [6, 6.07) is 7.44. The molecule has 1 aliphatic rings. The molecule has 0 spiro atoms. The number of piperidine rings is 1. The van der Waals surface area contributed by atoms with Crippen LogP contribution in [0.5, 0.6) is 23.0 Å². The molecule has 10 nitrogen and oxygen atoms in total. The first kappa shape index (κ1) is 27.4. The number of ether oxygens (including phenoxy) is 5. The van der Waals surface area contributed by atoms with Crippen LogP contribution in [0.2, 0.25) is 5.02 Å². The molecule has 3 aromatic rings. The normalized spacial score (nSPS) is 13.8. The second-order valence-electron chi connectivity index (χ2n) is 8.75. The van der Waals surface area contributed by atoms with Crippen molar-refractivity contribution in [3.8, 4) is 23.0 Å². The lowest BCUT2D eigenvalue weighted by Crippen LogP contribution is -2.38. The maximum Gasteiger partial charge on any atom is 0.309 e. The third-order valence-corrected chi connectivity index (χ3v) is 6.85. The van der Waals surface area contributed by atoms with Gasteiger partial charge in [0.05, 0.1) is 51.4 Å². The largest absolute Gasteiger partial charge is 0.495 e. The zero-order valence-electron chi connectivity index (χ0n) is 22.3. The Kier molecular flexibility index (Phi) is 8.83. The van der Waals surface area contributed by atoms with Crippen molar-refractivity contribution in [2.75, 3.05) is 58.4 Å². The highest BCUT2D eigenvalue weighted by molar-refractivity contribution is 6.32. The van der Waals surface area contributed by atoms with Gasteiger partial charge in [-0.15, -0.1) is 0 Å². The van der Waals surface area contributed by atoms with Gasteiger partial charge in [-0.1, -0.05) is 17.7 Å². The summed E-state index contributed by atoms with van der Waals surface area (Å²) in [7, 11) is 6.27. The fraction of sp³-hybridized carbons (Fsp3) is 0.444. The molecule has 0 unspecified atom stereocenters. The Morgan fingerprint density at radius 1 is 1.00 bits per heavy atom. The topological polar surface area (TPSA) is 104 Å². The predicted molar refractivity (Wildman–Crippen MR) is 146 cm³/mol. The number of nitrogens with one attached hydrogen (secondary N) is 1. The minimum atomic E-state index is -0.148. The SMILES string of the molecule is CCOC(=O)C1CCN(c2nc(NCc3ccc(OC)c(Cl)c3)c3cc(OC)c(OC)c(OC)c3n2)CC1. The summed E-state index contributed by atoms with van der Waals surface area (Å²) >= 11 is 6.33. The maximum absolute atomic E-state index is 12.2. The molecule has 0 atom stereocenters. The van der Waals surface area contributed by atoms with Gasteiger partial charge in [-0.25, -0.2) is 4.98 Å². The van der Waals surface area contributed by atoms with Crippen molar-refractivity contribution in [3.63, 3.8) is 0 Å². The number of nitrogens with zero attached hydrogens (tertiary/aromatic N) is 3. The lowest BCUT2D eigenvalue weighted by atomic mass is 9.97. The summed E-state index contributed by atoms with van der Waals surface area (Å²) in [5.41, 5.74) is 1.53. The number of fused-ring (bicyclic) bond motifs is 1. The van der Waals surface area contributed by atoms with Crippen molar-refractivity contribution in [2.45, 2.75) is 26.3 Å². The number of carbonyl (C=O) groups excluding carboxylic acids is 1. The molecular formula is C27H33ClN4O6. The average molecular weight is 545 g/mol. The lowest BCUT2D eigenvalue weighted by molar-refractivity contribution is -0.148. The number of benzene rings is 2. The van der Waals surface area contributed by atoms with Crippen LogP contribution in [0.15, 0.2) is 24.3 Å². The molecule has 1 fully saturated rings. The quantitative estimate of drug-likeness (QED) is 0.361. The summed E-state index contributed by atoms with van der Waals surface area (Å²) in [6.07, 6.45) is 1.33. The van der Waals surface area contributed by atoms with E-state index in [9.17, 15) is 4.79 Å². The van der Waals surface area contributed by atoms with Gasteiger partial charge in [-0.05, 0) is 43.5 Å². The first-order chi connectivity index (χ1) is 18.4. The van der Waals surface area contributed by atoms with E-state index in [0.717, 1.165) is 5.56 Å². The number of halogens is 1. The molecule has 0 radical (unpaired) electrons. The van der Waals surface area contributed by atoms with Crippen LogP contribution < -0.4 is 29.2 Å². The Morgan fingerprint density at radius 2 is 1.71 bits per heavy atom. The summed E-state index contributed by atoms with van der Waals surface area (Å²) < 4.78 is 27.4. The highest BCUT2D eigenvalue weighted by Gasteiger charge is 2.29. The highest BCUT2D eigenvalue weighted by atomic mass is 35.5. The van der Waals surface area contributed by atoms with Gasteiger partial charge >= 0.3 is 5.97 Å². The fourth-order valence-corrected chi connectivity index (χ4v) is 4.86. The first-order valence-corrected chi connectivity index (χ1v) is 12.8. The van der Waals surface area contributed by atoms with E-state index in [2.05, 4.69) is 10.2 Å². The molecule has 2 heterocycles. The molecule has 11 heteroatoms. The fourth-order valence-electron chi connectivity index (χ4n) is 4.57. The van der Waals surface area contributed by atoms with Crippen LogP contribution in [0.4, 0.5) is 11.8 Å². The summed E-state index contributed by atoms with van der Waals surface area (Å²) in [5, 5.41) is 4.67. The Hall–Kier alpha value is -3.66. The van der Waals surface area contributed by atoms with Gasteiger partial charge in [-0.2, -0.15) is 4.98 Å². The average Bonchev–Trinajstić information content (AvgIpc) is 2.94. The van der Waals surface area contributed by atoms with E-state index in [1.807, 2.05) is 31.2 Å². The van der Waals surface area contributed by atoms with Gasteiger partial charge in [0.2, 0.25) is 11.7 Å². The minimum Gasteiger partial charge on any atom is -0.495 e. The lowest BCUT2D eigenvalue weighted by Gasteiger charge is -2.31. The number of hydrogen-bond acceptors (Lipinski definition) is 10. The molecule has 1 aliphatic heterocycles. The van der Waals surface area contributed by atoms with E-state index < -0.39 is 0 Å². The second kappa shape index (κ2) is 12.3. The molecule has 1 aromatic heterocycles. The van der Waals surface area contributed by atoms with Gasteiger partial charge in [0, 0.05) is 19.6 Å². The van der Waals surface area contributed by atoms with E-state index in [4.69, 9.17) is 45.3 Å². The van der Waals surface area contributed by atoms with Gasteiger partial charge in [-0.3, -0.25) is 4.79 Å². The smallest absolute Gasteiger partial charge is 0.309 e. The van der Waals surface area contributed by atoms with E-state index in [1.165, 1.54) is 0 Å². The first-order valence-electron chi connectivity index (χ1n) is 12.4. The summed E-state index contributed by atoms with van der Waals surface area (Å²) in [6.45, 7) is 3.90. The van der Waals surface area contributed by atoms with Gasteiger partial charge in [0.25, 0.3) is 0 Å². The predicted octanol–water partition coefficient (Wildman–Crippen LogP) is 4.71. The Bertz CT molecular complexity index is 1300. The summed E-state index contributed by atoms with van der Waals surface area (Å²) in [5.74, 6) is 2.86. The number of anilines is 2. The standard InChI is InChI=1S/C27H33ClN4O6/c1-6-38-26(33)17-9-11-32(12-10-17)27-30-22-18(14-21(35-3)23(36-4)24(22)37-5)25(31-27)29-15-16-7-8-20(34-2)19(28)13-16/h7-8,13-14,17H,6,9-12,15H2,1-5H3,(H,29,30,31). The third-order valence-electron chi connectivity index (χ3n) is 6.56. The summed E-state index contributed by atoms with van der Waals surface area (Å²) in [4.78, 5) is 24.1. The third kappa shape index (κ3) is 5.60. The van der Waals surface area contributed by atoms with E-state index in [-0.39, 0.29) is 11.9 Å². The van der Waals surface area contributed by atoms with E-state index in [1.54, 1.807) is 28.4 Å².